The van der Waals surface area contributed by atoms with Crippen LogP contribution in [0.25, 0.3) is 0 Å². The molecule has 0 N–H and O–H groups in total. The highest BCUT2D eigenvalue weighted by molar-refractivity contribution is 6.45. The molecule has 3 nitrogen and oxygen atoms in total. The van der Waals surface area contributed by atoms with Crippen molar-refractivity contribution in [3.63, 3.8) is 0 Å². The fourth-order valence-electron chi connectivity index (χ4n) is 0.720. The standard InChI is InChI=1S/C6H3Cl6N3/c7-1(8)4-13-5(2(9)10)15-6(14-4)3(11)12/h1-3H. The fraction of sp³-hybridized carbons (Fsp3) is 0.500. The van der Waals surface area contributed by atoms with E-state index in [0.29, 0.717) is 0 Å². The van der Waals surface area contributed by atoms with E-state index in [9.17, 15) is 0 Å². The van der Waals surface area contributed by atoms with Gasteiger partial charge in [0.15, 0.2) is 32.0 Å². The van der Waals surface area contributed by atoms with Crippen LogP contribution in [-0.4, -0.2) is 15.0 Å². The quantitative estimate of drug-likeness (QED) is 0.776. The van der Waals surface area contributed by atoms with Crippen LogP contribution in [0.5, 0.6) is 0 Å². The summed E-state index contributed by atoms with van der Waals surface area (Å²) in [6, 6.07) is 0. The Labute approximate surface area is 116 Å². The van der Waals surface area contributed by atoms with Crippen molar-refractivity contribution in [2.45, 2.75) is 14.5 Å². The first-order chi connectivity index (χ1) is 6.91. The number of hydrogen-bond acceptors (Lipinski definition) is 3. The van der Waals surface area contributed by atoms with Gasteiger partial charge in [-0.3, -0.25) is 0 Å². The topological polar surface area (TPSA) is 38.7 Å². The lowest BCUT2D eigenvalue weighted by molar-refractivity contribution is 0.831. The minimum atomic E-state index is -0.926. The van der Waals surface area contributed by atoms with E-state index in [1.807, 2.05) is 0 Å². The van der Waals surface area contributed by atoms with E-state index in [2.05, 4.69) is 15.0 Å². The van der Waals surface area contributed by atoms with Gasteiger partial charge in [-0.05, 0) is 0 Å². The predicted octanol–water partition coefficient (Wildman–Crippen LogP) is 4.30. The van der Waals surface area contributed by atoms with Crippen molar-refractivity contribution in [2.24, 2.45) is 0 Å². The summed E-state index contributed by atoms with van der Waals surface area (Å²) in [5, 5.41) is 0. The summed E-state index contributed by atoms with van der Waals surface area (Å²) in [5.41, 5.74) is 0. The van der Waals surface area contributed by atoms with E-state index >= 15 is 0 Å². The number of rotatable bonds is 3. The Morgan fingerprint density at radius 3 is 0.867 bits per heavy atom. The molecular weight excluding hydrogens is 327 g/mol. The third-order valence-electron chi connectivity index (χ3n) is 1.27. The van der Waals surface area contributed by atoms with Gasteiger partial charge >= 0.3 is 0 Å². The molecule has 0 saturated carbocycles. The summed E-state index contributed by atoms with van der Waals surface area (Å²) in [4.78, 5) is 8.76. The summed E-state index contributed by atoms with van der Waals surface area (Å²) in [5.74, 6) is 0.322. The molecule has 0 aliphatic carbocycles. The zero-order chi connectivity index (χ0) is 11.6. The molecule has 15 heavy (non-hydrogen) atoms. The lowest BCUT2D eigenvalue weighted by Gasteiger charge is -2.07. The maximum absolute atomic E-state index is 5.60. The Bertz CT molecular complexity index is 277. The summed E-state index contributed by atoms with van der Waals surface area (Å²) >= 11 is 33.6. The average molecular weight is 330 g/mol. The van der Waals surface area contributed by atoms with E-state index < -0.39 is 14.5 Å². The minimum absolute atomic E-state index is 0.107. The molecule has 1 heterocycles. The van der Waals surface area contributed by atoms with Gasteiger partial charge in [-0.2, -0.15) is 0 Å². The van der Waals surface area contributed by atoms with E-state index in [-0.39, 0.29) is 17.5 Å². The molecule has 0 fully saturated rings. The monoisotopic (exact) mass is 327 g/mol. The van der Waals surface area contributed by atoms with Gasteiger partial charge in [-0.1, -0.05) is 69.6 Å². The van der Waals surface area contributed by atoms with Crippen molar-refractivity contribution >= 4 is 69.6 Å². The zero-order valence-corrected chi connectivity index (χ0v) is 11.4. The van der Waals surface area contributed by atoms with E-state index in [4.69, 9.17) is 69.6 Å². The van der Waals surface area contributed by atoms with Crippen LogP contribution in [0.4, 0.5) is 0 Å². The van der Waals surface area contributed by atoms with Crippen LogP contribution in [0.3, 0.4) is 0 Å². The molecule has 1 rings (SSSR count). The van der Waals surface area contributed by atoms with Gasteiger partial charge in [0.25, 0.3) is 0 Å². The lowest BCUT2D eigenvalue weighted by atomic mass is 10.5. The molecule has 0 spiro atoms. The number of alkyl halides is 6. The number of halogens is 6. The summed E-state index contributed by atoms with van der Waals surface area (Å²) < 4.78 is 0. The molecule has 1 aromatic heterocycles. The SMILES string of the molecule is ClC(Cl)c1nc(C(Cl)Cl)nc(C(Cl)Cl)n1. The van der Waals surface area contributed by atoms with Crippen LogP contribution >= 0.6 is 69.6 Å². The van der Waals surface area contributed by atoms with Crippen molar-refractivity contribution in [1.82, 2.24) is 15.0 Å². The average Bonchev–Trinajstić information content (AvgIpc) is 2.16. The Morgan fingerprint density at radius 2 is 0.733 bits per heavy atom. The van der Waals surface area contributed by atoms with Crippen LogP contribution < -0.4 is 0 Å². The number of aromatic nitrogens is 3. The van der Waals surface area contributed by atoms with Crippen molar-refractivity contribution < 1.29 is 0 Å². The molecule has 0 aliphatic rings. The van der Waals surface area contributed by atoms with Crippen LogP contribution in [0.2, 0.25) is 0 Å². The fourth-order valence-corrected chi connectivity index (χ4v) is 1.31. The van der Waals surface area contributed by atoms with Crippen LogP contribution in [0.1, 0.15) is 32.0 Å². The summed E-state index contributed by atoms with van der Waals surface area (Å²) in [7, 11) is 0. The first kappa shape index (κ1) is 13.8. The maximum atomic E-state index is 5.60. The molecule has 0 unspecified atom stereocenters. The molecule has 0 aromatic carbocycles. The normalized spacial score (nSPS) is 11.8. The second kappa shape index (κ2) is 5.89. The van der Waals surface area contributed by atoms with Gasteiger partial charge < -0.3 is 0 Å². The maximum Gasteiger partial charge on any atom is 0.167 e. The van der Waals surface area contributed by atoms with E-state index in [1.165, 1.54) is 0 Å². The number of nitrogens with zero attached hydrogens (tertiary/aromatic N) is 3. The highest BCUT2D eigenvalue weighted by atomic mass is 35.5. The van der Waals surface area contributed by atoms with Gasteiger partial charge in [0, 0.05) is 0 Å². The van der Waals surface area contributed by atoms with E-state index in [1.54, 1.807) is 0 Å². The molecule has 0 amide bonds. The first-order valence-electron chi connectivity index (χ1n) is 3.52. The molecule has 1 aromatic rings. The molecule has 0 saturated heterocycles. The third-order valence-corrected chi connectivity index (χ3v) is 2.44. The van der Waals surface area contributed by atoms with Crippen molar-refractivity contribution in [2.75, 3.05) is 0 Å². The van der Waals surface area contributed by atoms with Crippen LogP contribution in [0, 0.1) is 0 Å². The van der Waals surface area contributed by atoms with Gasteiger partial charge in [0.05, 0.1) is 0 Å². The molecule has 9 heteroatoms. The van der Waals surface area contributed by atoms with Crippen LogP contribution in [0.15, 0.2) is 0 Å². The molecule has 0 aliphatic heterocycles. The van der Waals surface area contributed by atoms with Crippen LogP contribution in [-0.2, 0) is 0 Å². The highest BCUT2D eigenvalue weighted by Gasteiger charge is 2.18. The molecule has 0 bridgehead atoms. The second-order valence-electron chi connectivity index (χ2n) is 2.31. The largest absolute Gasteiger partial charge is 0.212 e. The summed E-state index contributed by atoms with van der Waals surface area (Å²) in [6.07, 6.45) is 0. The van der Waals surface area contributed by atoms with Gasteiger partial charge in [-0.25, -0.2) is 15.0 Å². The molecular formula is C6H3Cl6N3. The van der Waals surface area contributed by atoms with Crippen molar-refractivity contribution in [1.29, 1.82) is 0 Å². The molecule has 0 atom stereocenters. The van der Waals surface area contributed by atoms with Gasteiger partial charge in [0.2, 0.25) is 0 Å². The Balaban J connectivity index is 3.20. The third kappa shape index (κ3) is 3.91. The minimum Gasteiger partial charge on any atom is -0.212 e. The van der Waals surface area contributed by atoms with Gasteiger partial charge in [0.1, 0.15) is 0 Å². The second-order valence-corrected chi connectivity index (χ2v) is 5.60. The molecule has 84 valence electrons. The zero-order valence-electron chi connectivity index (χ0n) is 6.84. The Kier molecular flexibility index (Phi) is 5.43. The Morgan fingerprint density at radius 1 is 0.533 bits per heavy atom. The smallest absolute Gasteiger partial charge is 0.167 e. The summed E-state index contributed by atoms with van der Waals surface area (Å²) in [6.45, 7) is 0. The Hall–Kier alpha value is 0.750. The van der Waals surface area contributed by atoms with Crippen molar-refractivity contribution in [3.8, 4) is 0 Å². The first-order valence-corrected chi connectivity index (χ1v) is 6.14. The van der Waals surface area contributed by atoms with Gasteiger partial charge in [-0.15, -0.1) is 0 Å². The van der Waals surface area contributed by atoms with Crippen molar-refractivity contribution in [3.05, 3.63) is 17.5 Å². The predicted molar refractivity (Wildman–Crippen MR) is 63.2 cm³/mol. The lowest BCUT2D eigenvalue weighted by Crippen LogP contribution is -2.07. The molecule has 0 radical (unpaired) electrons. The van der Waals surface area contributed by atoms with E-state index in [0.717, 1.165) is 0 Å². The number of hydrogen-bond donors (Lipinski definition) is 0. The highest BCUT2D eigenvalue weighted by Crippen LogP contribution is 2.29.